The van der Waals surface area contributed by atoms with Crippen LogP contribution in [0.1, 0.15) is 53.0 Å². The average molecular weight is 419 g/mol. The highest BCUT2D eigenvalue weighted by atomic mass is 16.3. The Balaban J connectivity index is 1.44. The molecule has 1 aliphatic carbocycles. The van der Waals surface area contributed by atoms with Gasteiger partial charge in [0.1, 0.15) is 0 Å². The Morgan fingerprint density at radius 1 is 1.19 bits per heavy atom. The maximum Gasteiger partial charge on any atom is 0.241 e. The summed E-state index contributed by atoms with van der Waals surface area (Å²) in [4.78, 5) is 14.0. The molecule has 2 N–H and O–H groups in total. The van der Waals surface area contributed by atoms with Crippen molar-refractivity contribution in [3.63, 3.8) is 0 Å². The molecule has 0 bridgehead atoms. The van der Waals surface area contributed by atoms with Crippen molar-refractivity contribution in [1.82, 2.24) is 19.6 Å². The summed E-state index contributed by atoms with van der Waals surface area (Å²) in [6.45, 7) is 10.8. The van der Waals surface area contributed by atoms with Crippen LogP contribution in [0.15, 0.2) is 35.7 Å². The Bertz CT molecular complexity index is 1190. The smallest absolute Gasteiger partial charge is 0.241 e. The van der Waals surface area contributed by atoms with E-state index in [1.54, 1.807) is 0 Å². The third-order valence-corrected chi connectivity index (χ3v) is 7.31. The van der Waals surface area contributed by atoms with Crippen molar-refractivity contribution >= 4 is 23.0 Å². The van der Waals surface area contributed by atoms with Gasteiger partial charge in [0.15, 0.2) is 5.82 Å². The lowest BCUT2D eigenvalue weighted by molar-refractivity contribution is -0.0236. The number of hydrogen-bond acceptors (Lipinski definition) is 6. The summed E-state index contributed by atoms with van der Waals surface area (Å²) in [5.41, 5.74) is 4.88. The van der Waals surface area contributed by atoms with E-state index in [2.05, 4.69) is 60.2 Å². The number of hydrogen-bond donors (Lipinski definition) is 2. The topological polar surface area (TPSA) is 87.7 Å². The first-order chi connectivity index (χ1) is 14.6. The summed E-state index contributed by atoms with van der Waals surface area (Å²) in [6.07, 6.45) is 8.06. The molecule has 3 aromatic rings. The monoisotopic (exact) mass is 418 g/mol. The van der Waals surface area contributed by atoms with E-state index in [-0.39, 0.29) is 11.5 Å². The number of anilines is 1. The molecule has 1 aliphatic heterocycles. The van der Waals surface area contributed by atoms with Crippen molar-refractivity contribution in [3.05, 3.63) is 36.3 Å². The molecule has 0 spiro atoms. The molecule has 31 heavy (non-hydrogen) atoms. The molecule has 4 heterocycles. The highest BCUT2D eigenvalue weighted by Crippen LogP contribution is 2.41. The lowest BCUT2D eigenvalue weighted by Crippen LogP contribution is -2.48. The van der Waals surface area contributed by atoms with Gasteiger partial charge in [0.25, 0.3) is 0 Å². The van der Waals surface area contributed by atoms with Crippen LogP contribution in [0.25, 0.3) is 16.6 Å². The molecule has 162 valence electrons. The molecule has 5 rings (SSSR count). The van der Waals surface area contributed by atoms with Gasteiger partial charge in [-0.2, -0.15) is 0 Å². The standard InChI is InChI=1S/C24H30N6O/c1-14(2)24(5)9-16-8-17(12-25-21(16)27-15(24)3)19-6-7-30-20(19)13-26-22(29-30)28-18-10-23(4,31)11-18/h6-8,12-14,18,31H,9-11H2,1-5H3,(H,28,29)/t18?,23?,24-/m0/s1. The number of aromatic nitrogens is 4. The van der Waals surface area contributed by atoms with E-state index in [4.69, 9.17) is 4.99 Å². The fourth-order valence-corrected chi connectivity index (χ4v) is 4.81. The zero-order chi connectivity index (χ0) is 22.0. The van der Waals surface area contributed by atoms with Gasteiger partial charge < -0.3 is 10.4 Å². The largest absolute Gasteiger partial charge is 0.390 e. The van der Waals surface area contributed by atoms with Crippen LogP contribution in [0.2, 0.25) is 0 Å². The van der Waals surface area contributed by atoms with Crippen LogP contribution in [-0.2, 0) is 6.42 Å². The highest BCUT2D eigenvalue weighted by Gasteiger charge is 2.39. The van der Waals surface area contributed by atoms with Gasteiger partial charge in [0.05, 0.1) is 17.3 Å². The predicted octanol–water partition coefficient (Wildman–Crippen LogP) is 4.43. The normalized spacial score (nSPS) is 27.7. The second-order valence-corrected chi connectivity index (χ2v) is 10.0. The van der Waals surface area contributed by atoms with Crippen molar-refractivity contribution in [2.45, 2.75) is 65.5 Å². The molecule has 2 aliphatic rings. The summed E-state index contributed by atoms with van der Waals surface area (Å²) in [6, 6.07) is 4.49. The van der Waals surface area contributed by atoms with Crippen molar-refractivity contribution in [1.29, 1.82) is 0 Å². The molecule has 1 fully saturated rings. The molecule has 7 nitrogen and oxygen atoms in total. The Hall–Kier alpha value is -2.80. The Labute approximate surface area is 182 Å². The first kappa shape index (κ1) is 20.1. The van der Waals surface area contributed by atoms with Crippen LogP contribution in [0.5, 0.6) is 0 Å². The van der Waals surface area contributed by atoms with Crippen molar-refractivity contribution in [2.24, 2.45) is 16.3 Å². The predicted molar refractivity (Wildman–Crippen MR) is 123 cm³/mol. The summed E-state index contributed by atoms with van der Waals surface area (Å²) in [5, 5.41) is 17.8. The van der Waals surface area contributed by atoms with E-state index in [1.165, 1.54) is 5.56 Å². The number of nitrogens with zero attached hydrogens (tertiary/aromatic N) is 5. The van der Waals surface area contributed by atoms with Crippen LogP contribution in [-0.4, -0.2) is 42.0 Å². The lowest BCUT2D eigenvalue weighted by Gasteiger charge is -2.41. The zero-order valence-corrected chi connectivity index (χ0v) is 18.8. The lowest BCUT2D eigenvalue weighted by atomic mass is 9.70. The number of fused-ring (bicyclic) bond motifs is 2. The van der Waals surface area contributed by atoms with Crippen molar-refractivity contribution in [2.75, 3.05) is 5.32 Å². The highest BCUT2D eigenvalue weighted by molar-refractivity contribution is 5.92. The second kappa shape index (κ2) is 6.85. The van der Waals surface area contributed by atoms with Crippen LogP contribution in [0.4, 0.5) is 11.8 Å². The summed E-state index contributed by atoms with van der Waals surface area (Å²) >= 11 is 0. The molecule has 0 unspecified atom stereocenters. The van der Waals surface area contributed by atoms with E-state index < -0.39 is 5.60 Å². The summed E-state index contributed by atoms with van der Waals surface area (Å²) in [7, 11) is 0. The van der Waals surface area contributed by atoms with E-state index in [1.807, 2.05) is 30.0 Å². The molecule has 0 amide bonds. The molecule has 0 aromatic carbocycles. The van der Waals surface area contributed by atoms with Crippen LogP contribution >= 0.6 is 0 Å². The number of aliphatic imine (C=N–C) groups is 1. The Morgan fingerprint density at radius 2 is 1.97 bits per heavy atom. The van der Waals surface area contributed by atoms with Gasteiger partial charge in [-0.1, -0.05) is 20.8 Å². The van der Waals surface area contributed by atoms with Gasteiger partial charge in [-0.05, 0) is 56.7 Å². The number of nitrogens with one attached hydrogen (secondary N) is 1. The van der Waals surface area contributed by atoms with Gasteiger partial charge in [-0.3, -0.25) is 0 Å². The molecule has 1 atom stereocenters. The van der Waals surface area contributed by atoms with Crippen molar-refractivity contribution < 1.29 is 5.11 Å². The fourth-order valence-electron chi connectivity index (χ4n) is 4.81. The minimum Gasteiger partial charge on any atom is -0.390 e. The third kappa shape index (κ3) is 3.41. The van der Waals surface area contributed by atoms with E-state index in [0.29, 0.717) is 24.7 Å². The third-order valence-electron chi connectivity index (χ3n) is 7.31. The maximum absolute atomic E-state index is 9.92. The van der Waals surface area contributed by atoms with Crippen LogP contribution < -0.4 is 5.32 Å². The zero-order valence-electron chi connectivity index (χ0n) is 18.8. The molecule has 3 aromatic heterocycles. The van der Waals surface area contributed by atoms with Crippen molar-refractivity contribution in [3.8, 4) is 11.1 Å². The van der Waals surface area contributed by atoms with Crippen LogP contribution in [0, 0.1) is 11.3 Å². The fraction of sp³-hybridized carbons (Fsp3) is 0.500. The van der Waals surface area contributed by atoms with Gasteiger partial charge in [-0.15, -0.1) is 5.10 Å². The van der Waals surface area contributed by atoms with E-state index >= 15 is 0 Å². The molecular formula is C24H30N6O. The summed E-state index contributed by atoms with van der Waals surface area (Å²) in [5.74, 6) is 1.92. The first-order valence-corrected chi connectivity index (χ1v) is 11.0. The number of rotatable bonds is 4. The van der Waals surface area contributed by atoms with Gasteiger partial charge >= 0.3 is 0 Å². The van der Waals surface area contributed by atoms with Crippen LogP contribution in [0.3, 0.4) is 0 Å². The minimum atomic E-state index is -0.573. The summed E-state index contributed by atoms with van der Waals surface area (Å²) < 4.78 is 1.85. The van der Waals surface area contributed by atoms with E-state index in [0.717, 1.165) is 34.6 Å². The van der Waals surface area contributed by atoms with E-state index in [9.17, 15) is 5.11 Å². The number of aliphatic hydroxyl groups is 1. The van der Waals surface area contributed by atoms with Gasteiger partial charge in [0, 0.05) is 40.7 Å². The molecule has 0 saturated heterocycles. The quantitative estimate of drug-likeness (QED) is 0.654. The molecule has 0 radical (unpaired) electrons. The minimum absolute atomic E-state index is 0.0476. The molecule has 7 heteroatoms. The molecule has 1 saturated carbocycles. The van der Waals surface area contributed by atoms with Gasteiger partial charge in [0.2, 0.25) is 5.95 Å². The Morgan fingerprint density at radius 3 is 2.68 bits per heavy atom. The molecular weight excluding hydrogens is 388 g/mol. The average Bonchev–Trinajstić information content (AvgIpc) is 3.10. The maximum atomic E-state index is 9.92. The first-order valence-electron chi connectivity index (χ1n) is 11.0. The Kier molecular flexibility index (Phi) is 4.45. The SMILES string of the molecule is CC1=Nc2ncc(-c3ccn4nc(NC5CC(C)(O)C5)ncc34)cc2C[C@@]1(C)C(C)C. The second-order valence-electron chi connectivity index (χ2n) is 10.0. The van der Waals surface area contributed by atoms with Gasteiger partial charge in [-0.25, -0.2) is 19.5 Å². The number of pyridine rings is 1.